The maximum atomic E-state index is 10.7. The lowest BCUT2D eigenvalue weighted by molar-refractivity contribution is -0.132. The molecule has 1 aromatic carbocycles. The zero-order chi connectivity index (χ0) is 10.6. The summed E-state index contributed by atoms with van der Waals surface area (Å²) < 4.78 is 0. The van der Waals surface area contributed by atoms with Crippen LogP contribution in [0, 0.1) is 0 Å². The van der Waals surface area contributed by atoms with Crippen molar-refractivity contribution in [2.45, 2.75) is 13.3 Å². The minimum Gasteiger partial charge on any atom is -0.478 e. The van der Waals surface area contributed by atoms with Gasteiger partial charge in [-0.05, 0) is 30.2 Å². The first-order valence-electron chi connectivity index (χ1n) is 4.33. The Kier molecular flexibility index (Phi) is 3.72. The molecule has 74 valence electrons. The zero-order valence-corrected chi connectivity index (χ0v) is 8.58. The molecule has 0 aromatic heterocycles. The molecule has 0 aliphatic heterocycles. The molecule has 1 rings (SSSR count). The van der Waals surface area contributed by atoms with Gasteiger partial charge < -0.3 is 5.11 Å². The van der Waals surface area contributed by atoms with Crippen molar-refractivity contribution in [2.24, 2.45) is 0 Å². The first kappa shape index (κ1) is 10.8. The van der Waals surface area contributed by atoms with Gasteiger partial charge in [-0.1, -0.05) is 30.7 Å². The highest BCUT2D eigenvalue weighted by Crippen LogP contribution is 2.13. The number of rotatable bonds is 3. The summed E-state index contributed by atoms with van der Waals surface area (Å²) in [4.78, 5) is 10.7. The van der Waals surface area contributed by atoms with Gasteiger partial charge in [0, 0.05) is 10.6 Å². The molecular formula is C11H11ClO2. The minimum absolute atomic E-state index is 0.396. The molecule has 0 bridgehead atoms. The summed E-state index contributed by atoms with van der Waals surface area (Å²) >= 11 is 5.71. The first-order chi connectivity index (χ1) is 6.63. The van der Waals surface area contributed by atoms with Crippen LogP contribution in [0.3, 0.4) is 0 Å². The van der Waals surface area contributed by atoms with Gasteiger partial charge in [0.15, 0.2) is 0 Å². The van der Waals surface area contributed by atoms with Crippen LogP contribution in [0.1, 0.15) is 18.9 Å². The van der Waals surface area contributed by atoms with Gasteiger partial charge in [0.1, 0.15) is 0 Å². The monoisotopic (exact) mass is 210 g/mol. The molecule has 0 heterocycles. The van der Waals surface area contributed by atoms with E-state index in [0.29, 0.717) is 17.0 Å². The fourth-order valence-corrected chi connectivity index (χ4v) is 1.20. The molecule has 0 unspecified atom stereocenters. The Labute approximate surface area is 87.8 Å². The van der Waals surface area contributed by atoms with E-state index >= 15 is 0 Å². The van der Waals surface area contributed by atoms with E-state index in [1.54, 1.807) is 30.3 Å². The van der Waals surface area contributed by atoms with Gasteiger partial charge in [-0.3, -0.25) is 0 Å². The lowest BCUT2D eigenvalue weighted by atomic mass is 10.1. The van der Waals surface area contributed by atoms with Crippen LogP contribution in [-0.4, -0.2) is 11.1 Å². The smallest absolute Gasteiger partial charge is 0.331 e. The van der Waals surface area contributed by atoms with Crippen LogP contribution in [0.15, 0.2) is 29.8 Å². The van der Waals surface area contributed by atoms with Gasteiger partial charge in [0.2, 0.25) is 0 Å². The molecule has 0 radical (unpaired) electrons. The molecule has 0 amide bonds. The van der Waals surface area contributed by atoms with Crippen LogP contribution < -0.4 is 0 Å². The average molecular weight is 211 g/mol. The van der Waals surface area contributed by atoms with E-state index in [9.17, 15) is 4.79 Å². The first-order valence-corrected chi connectivity index (χ1v) is 4.70. The highest BCUT2D eigenvalue weighted by Gasteiger charge is 2.03. The Morgan fingerprint density at radius 2 is 2.00 bits per heavy atom. The molecule has 0 saturated carbocycles. The maximum Gasteiger partial charge on any atom is 0.331 e. The van der Waals surface area contributed by atoms with Crippen molar-refractivity contribution in [3.05, 3.63) is 40.4 Å². The molecule has 0 saturated heterocycles. The molecule has 0 fully saturated rings. The highest BCUT2D eigenvalue weighted by molar-refractivity contribution is 6.30. The number of aliphatic carboxylic acids is 1. The van der Waals surface area contributed by atoms with E-state index in [-0.39, 0.29) is 0 Å². The lowest BCUT2D eigenvalue weighted by Crippen LogP contribution is -1.98. The molecule has 3 heteroatoms. The standard InChI is InChI=1S/C11H11ClO2/c1-2-9(11(13)14)7-8-3-5-10(12)6-4-8/h3-7H,2H2,1H3,(H,13,14)/b9-7-. The topological polar surface area (TPSA) is 37.3 Å². The number of carboxylic acids is 1. The molecule has 1 N–H and O–H groups in total. The fourth-order valence-electron chi connectivity index (χ4n) is 1.08. The summed E-state index contributed by atoms with van der Waals surface area (Å²) in [6, 6.07) is 7.06. The zero-order valence-electron chi connectivity index (χ0n) is 7.83. The van der Waals surface area contributed by atoms with Crippen LogP contribution in [0.2, 0.25) is 5.02 Å². The van der Waals surface area contributed by atoms with Crippen LogP contribution in [0.25, 0.3) is 6.08 Å². The van der Waals surface area contributed by atoms with Gasteiger partial charge in [-0.25, -0.2) is 4.79 Å². The van der Waals surface area contributed by atoms with Gasteiger partial charge in [0.25, 0.3) is 0 Å². The van der Waals surface area contributed by atoms with Crippen molar-refractivity contribution in [3.63, 3.8) is 0 Å². The summed E-state index contributed by atoms with van der Waals surface area (Å²) in [5, 5.41) is 9.44. The van der Waals surface area contributed by atoms with Crippen molar-refractivity contribution >= 4 is 23.6 Å². The number of hydrogen-bond donors (Lipinski definition) is 1. The van der Waals surface area contributed by atoms with E-state index in [1.165, 1.54) is 0 Å². The third-order valence-electron chi connectivity index (χ3n) is 1.87. The summed E-state index contributed by atoms with van der Waals surface area (Å²) in [5.41, 5.74) is 1.25. The van der Waals surface area contributed by atoms with Crippen molar-refractivity contribution in [1.29, 1.82) is 0 Å². The third-order valence-corrected chi connectivity index (χ3v) is 2.12. The van der Waals surface area contributed by atoms with E-state index in [1.807, 2.05) is 6.92 Å². The molecule has 14 heavy (non-hydrogen) atoms. The van der Waals surface area contributed by atoms with E-state index < -0.39 is 5.97 Å². The molecule has 0 aliphatic rings. The van der Waals surface area contributed by atoms with Gasteiger partial charge in [-0.15, -0.1) is 0 Å². The number of carbonyl (C=O) groups is 1. The molecule has 0 aliphatic carbocycles. The normalized spacial score (nSPS) is 11.4. The van der Waals surface area contributed by atoms with E-state index in [4.69, 9.17) is 16.7 Å². The Morgan fingerprint density at radius 3 is 2.43 bits per heavy atom. The quantitative estimate of drug-likeness (QED) is 0.778. The third kappa shape index (κ3) is 2.89. The van der Waals surface area contributed by atoms with Crippen LogP contribution >= 0.6 is 11.6 Å². The Hall–Kier alpha value is -1.28. The maximum absolute atomic E-state index is 10.7. The van der Waals surface area contributed by atoms with Crippen LogP contribution in [0.4, 0.5) is 0 Å². The summed E-state index contributed by atoms with van der Waals surface area (Å²) in [6.45, 7) is 1.82. The SMILES string of the molecule is CC/C(=C/c1ccc(Cl)cc1)C(=O)O. The number of halogens is 1. The molecule has 1 aromatic rings. The van der Waals surface area contributed by atoms with E-state index in [0.717, 1.165) is 5.56 Å². The van der Waals surface area contributed by atoms with Gasteiger partial charge >= 0.3 is 5.97 Å². The van der Waals surface area contributed by atoms with Crippen LogP contribution in [-0.2, 0) is 4.79 Å². The predicted octanol–water partition coefficient (Wildman–Crippen LogP) is 3.22. The lowest BCUT2D eigenvalue weighted by Gasteiger charge is -1.98. The number of carboxylic acid groups (broad SMARTS) is 1. The second kappa shape index (κ2) is 4.82. The summed E-state index contributed by atoms with van der Waals surface area (Å²) in [6.07, 6.45) is 2.16. The van der Waals surface area contributed by atoms with Crippen molar-refractivity contribution < 1.29 is 9.90 Å². The molecule has 2 nitrogen and oxygen atoms in total. The second-order valence-electron chi connectivity index (χ2n) is 2.88. The average Bonchev–Trinajstić information content (AvgIpc) is 2.16. The number of benzene rings is 1. The van der Waals surface area contributed by atoms with Gasteiger partial charge in [0.05, 0.1) is 0 Å². The molecular weight excluding hydrogens is 200 g/mol. The van der Waals surface area contributed by atoms with Crippen LogP contribution in [0.5, 0.6) is 0 Å². The molecule has 0 spiro atoms. The largest absolute Gasteiger partial charge is 0.478 e. The Morgan fingerprint density at radius 1 is 1.43 bits per heavy atom. The van der Waals surface area contributed by atoms with E-state index in [2.05, 4.69) is 0 Å². The Balaban J connectivity index is 2.95. The summed E-state index contributed by atoms with van der Waals surface area (Å²) in [7, 11) is 0. The summed E-state index contributed by atoms with van der Waals surface area (Å²) in [5.74, 6) is -0.873. The Bertz CT molecular complexity index is 352. The predicted molar refractivity (Wildman–Crippen MR) is 57.4 cm³/mol. The fraction of sp³-hybridized carbons (Fsp3) is 0.182. The number of hydrogen-bond acceptors (Lipinski definition) is 1. The van der Waals surface area contributed by atoms with Crippen molar-refractivity contribution in [2.75, 3.05) is 0 Å². The molecule has 0 atom stereocenters. The van der Waals surface area contributed by atoms with Crippen molar-refractivity contribution in [1.82, 2.24) is 0 Å². The minimum atomic E-state index is -0.873. The highest BCUT2D eigenvalue weighted by atomic mass is 35.5. The van der Waals surface area contributed by atoms with Gasteiger partial charge in [-0.2, -0.15) is 0 Å². The second-order valence-corrected chi connectivity index (χ2v) is 3.32. The van der Waals surface area contributed by atoms with Crippen molar-refractivity contribution in [3.8, 4) is 0 Å².